The van der Waals surface area contributed by atoms with E-state index in [2.05, 4.69) is 0 Å². The summed E-state index contributed by atoms with van der Waals surface area (Å²) >= 11 is 0. The lowest BCUT2D eigenvalue weighted by Gasteiger charge is -2.19. The Hall–Kier alpha value is -1.47. The third-order valence-electron chi connectivity index (χ3n) is 3.57. The Morgan fingerprint density at radius 2 is 1.74 bits per heavy atom. The van der Waals surface area contributed by atoms with Crippen molar-refractivity contribution in [2.24, 2.45) is 0 Å². The van der Waals surface area contributed by atoms with Gasteiger partial charge >= 0.3 is 10.3 Å². The quantitative estimate of drug-likeness (QED) is 0.171. The summed E-state index contributed by atoms with van der Waals surface area (Å²) in [5, 5.41) is 19.5. The molecule has 1 aromatic rings. The van der Waals surface area contributed by atoms with Gasteiger partial charge in [0.2, 0.25) is 0 Å². The minimum absolute atomic E-state index is 0.0705. The van der Waals surface area contributed by atoms with Crippen LogP contribution >= 0.6 is 0 Å². The summed E-state index contributed by atoms with van der Waals surface area (Å²) in [4.78, 5) is 1.01. The van der Waals surface area contributed by atoms with E-state index in [0.29, 0.717) is 25.4 Å². The Balaban J connectivity index is 2.13. The topological polar surface area (TPSA) is 139 Å². The van der Waals surface area contributed by atoms with Crippen molar-refractivity contribution in [1.82, 2.24) is 4.72 Å². The van der Waals surface area contributed by atoms with Crippen molar-refractivity contribution in [3.63, 3.8) is 0 Å². The van der Waals surface area contributed by atoms with Gasteiger partial charge < -0.3 is 29.3 Å². The Labute approximate surface area is 159 Å². The standard InChI is InChI=1S/C16H28N2O8S/c1-18(7-8-25-11-13(19)9-17-27(21,22)23)10-14(20)12-26-16-5-3-15(24-2)4-6-16/h3-6,13-14,17,19-20H,7-12H2,1-2H3,(H,21,22,23)/p+1. The first kappa shape index (κ1) is 23.6. The summed E-state index contributed by atoms with van der Waals surface area (Å²) in [6.07, 6.45) is -1.72. The molecule has 1 aromatic carbocycles. The van der Waals surface area contributed by atoms with Crippen LogP contribution in [0, 0.1) is 0 Å². The minimum Gasteiger partial charge on any atom is -0.497 e. The van der Waals surface area contributed by atoms with Crippen molar-refractivity contribution in [1.29, 1.82) is 0 Å². The lowest BCUT2D eigenvalue weighted by molar-refractivity contribution is -0.883. The molecule has 0 spiro atoms. The molecule has 0 aliphatic carbocycles. The molecule has 5 N–H and O–H groups in total. The highest BCUT2D eigenvalue weighted by atomic mass is 32.2. The zero-order valence-electron chi connectivity index (χ0n) is 15.5. The minimum atomic E-state index is -4.32. The summed E-state index contributed by atoms with van der Waals surface area (Å²) in [7, 11) is -0.854. The van der Waals surface area contributed by atoms with Crippen LogP contribution in [0.5, 0.6) is 11.5 Å². The van der Waals surface area contributed by atoms with Crippen LogP contribution in [-0.4, -0.2) is 89.0 Å². The number of ether oxygens (including phenoxy) is 3. The van der Waals surface area contributed by atoms with Gasteiger partial charge in [0.05, 0.1) is 33.5 Å². The van der Waals surface area contributed by atoms with E-state index in [1.54, 1.807) is 36.1 Å². The van der Waals surface area contributed by atoms with Crippen LogP contribution < -0.4 is 19.1 Å². The van der Waals surface area contributed by atoms with Crippen LogP contribution in [0.2, 0.25) is 0 Å². The highest BCUT2D eigenvalue weighted by Crippen LogP contribution is 2.16. The molecule has 0 aliphatic rings. The normalized spacial score (nSPS) is 15.1. The molecule has 11 heteroatoms. The molecule has 3 unspecified atom stereocenters. The third kappa shape index (κ3) is 11.8. The number of rotatable bonds is 14. The molecule has 0 saturated heterocycles. The Bertz CT molecular complexity index is 626. The molecule has 0 heterocycles. The van der Waals surface area contributed by atoms with Gasteiger partial charge in [-0.15, -0.1) is 0 Å². The summed E-state index contributed by atoms with van der Waals surface area (Å²) in [5.74, 6) is 1.37. The van der Waals surface area contributed by atoms with Crippen LogP contribution in [0.15, 0.2) is 24.3 Å². The van der Waals surface area contributed by atoms with Gasteiger partial charge in [-0.3, -0.25) is 4.55 Å². The number of methoxy groups -OCH3 is 1. The summed E-state index contributed by atoms with van der Waals surface area (Å²) in [5.41, 5.74) is 0. The number of hydrogen-bond donors (Lipinski definition) is 5. The largest absolute Gasteiger partial charge is 0.497 e. The van der Waals surface area contributed by atoms with E-state index >= 15 is 0 Å². The van der Waals surface area contributed by atoms with E-state index in [1.165, 1.54) is 0 Å². The molecule has 0 amide bonds. The smallest absolute Gasteiger partial charge is 0.333 e. The maximum absolute atomic E-state index is 10.5. The van der Waals surface area contributed by atoms with E-state index in [1.807, 2.05) is 7.05 Å². The summed E-state index contributed by atoms with van der Waals surface area (Å²) in [6.45, 7) is 1.11. The molecule has 0 aliphatic heterocycles. The number of benzene rings is 1. The number of aliphatic hydroxyl groups excluding tert-OH is 2. The number of likely N-dealkylation sites (N-methyl/N-ethyl adjacent to an activating group) is 1. The molecule has 0 fully saturated rings. The first-order valence-electron chi connectivity index (χ1n) is 8.43. The monoisotopic (exact) mass is 409 g/mol. The molecular weight excluding hydrogens is 380 g/mol. The van der Waals surface area contributed by atoms with Crippen LogP contribution in [0.3, 0.4) is 0 Å². The van der Waals surface area contributed by atoms with Gasteiger partial charge in [-0.1, -0.05) is 0 Å². The van der Waals surface area contributed by atoms with E-state index < -0.39 is 22.5 Å². The number of aliphatic hydroxyl groups is 2. The lowest BCUT2D eigenvalue weighted by Crippen LogP contribution is -3.10. The second-order valence-corrected chi connectivity index (χ2v) is 7.34. The fourth-order valence-corrected chi connectivity index (χ4v) is 2.56. The van der Waals surface area contributed by atoms with Gasteiger partial charge in [-0.05, 0) is 24.3 Å². The number of quaternary nitrogens is 1. The fraction of sp³-hybridized carbons (Fsp3) is 0.625. The zero-order chi connectivity index (χ0) is 20.3. The summed E-state index contributed by atoms with van der Waals surface area (Å²) in [6, 6.07) is 7.07. The molecule has 10 nitrogen and oxygen atoms in total. The van der Waals surface area contributed by atoms with E-state index in [4.69, 9.17) is 18.8 Å². The van der Waals surface area contributed by atoms with Crippen molar-refractivity contribution in [2.75, 3.05) is 53.6 Å². The Morgan fingerprint density at radius 3 is 2.33 bits per heavy atom. The van der Waals surface area contributed by atoms with Crippen LogP contribution in [0.4, 0.5) is 0 Å². The SMILES string of the molecule is COc1ccc(OCC(O)C[NH+](C)CCOCC(O)CNS(=O)(=O)O)cc1. The van der Waals surface area contributed by atoms with Crippen molar-refractivity contribution in [3.05, 3.63) is 24.3 Å². The Morgan fingerprint density at radius 1 is 1.11 bits per heavy atom. The van der Waals surface area contributed by atoms with Crippen LogP contribution in [0.25, 0.3) is 0 Å². The average Bonchev–Trinajstić information content (AvgIpc) is 2.61. The molecule has 0 radical (unpaired) electrons. The van der Waals surface area contributed by atoms with Crippen molar-refractivity contribution >= 4 is 10.3 Å². The van der Waals surface area contributed by atoms with Gasteiger partial charge in [-0.25, -0.2) is 0 Å². The second-order valence-electron chi connectivity index (χ2n) is 6.10. The van der Waals surface area contributed by atoms with Crippen molar-refractivity contribution in [3.8, 4) is 11.5 Å². The molecule has 27 heavy (non-hydrogen) atoms. The number of nitrogens with one attached hydrogen (secondary N) is 2. The maximum Gasteiger partial charge on any atom is 0.333 e. The summed E-state index contributed by atoms with van der Waals surface area (Å²) < 4.78 is 47.1. The predicted molar refractivity (Wildman–Crippen MR) is 97.5 cm³/mol. The molecule has 156 valence electrons. The predicted octanol–water partition coefficient (Wildman–Crippen LogP) is -2.28. The molecule has 0 bridgehead atoms. The van der Waals surface area contributed by atoms with Gasteiger partial charge in [0, 0.05) is 6.54 Å². The van der Waals surface area contributed by atoms with Gasteiger partial charge in [-0.2, -0.15) is 13.1 Å². The van der Waals surface area contributed by atoms with E-state index in [9.17, 15) is 18.6 Å². The number of hydrogen-bond acceptors (Lipinski definition) is 7. The van der Waals surface area contributed by atoms with Gasteiger partial charge in [0.15, 0.2) is 0 Å². The third-order valence-corrected chi connectivity index (χ3v) is 4.10. The van der Waals surface area contributed by atoms with Gasteiger partial charge in [0.1, 0.15) is 37.3 Å². The molecule has 1 rings (SSSR count). The van der Waals surface area contributed by atoms with E-state index in [0.717, 1.165) is 10.6 Å². The molecular formula is C16H29N2O8S+. The van der Waals surface area contributed by atoms with Crippen LogP contribution in [-0.2, 0) is 15.0 Å². The molecule has 3 atom stereocenters. The molecule has 0 aromatic heterocycles. The first-order chi connectivity index (χ1) is 12.7. The highest BCUT2D eigenvalue weighted by Gasteiger charge is 2.13. The highest BCUT2D eigenvalue weighted by molar-refractivity contribution is 7.83. The maximum atomic E-state index is 10.5. The Kier molecular flexibility index (Phi) is 10.5. The lowest BCUT2D eigenvalue weighted by atomic mass is 10.3. The van der Waals surface area contributed by atoms with Crippen LogP contribution in [0.1, 0.15) is 0 Å². The molecule has 0 saturated carbocycles. The van der Waals surface area contributed by atoms with Crippen molar-refractivity contribution in [2.45, 2.75) is 12.2 Å². The average molecular weight is 409 g/mol. The van der Waals surface area contributed by atoms with Crippen molar-refractivity contribution < 1.29 is 42.3 Å². The second kappa shape index (κ2) is 12.1. The zero-order valence-corrected chi connectivity index (χ0v) is 16.3. The first-order valence-corrected chi connectivity index (χ1v) is 9.87. The van der Waals surface area contributed by atoms with E-state index in [-0.39, 0.29) is 19.8 Å². The fourth-order valence-electron chi connectivity index (χ4n) is 2.15. The van der Waals surface area contributed by atoms with Gasteiger partial charge in [0.25, 0.3) is 0 Å².